The Kier molecular flexibility index (Phi) is 5.44. The molecule has 3 rings (SSSR count). The number of benzene rings is 2. The SMILES string of the molecule is O=C1[C@@H](Cc2c(Cl)cccc2Cl)CCN1[C@@H](CO)c1ccccc1. The molecular formula is C19H19Cl2NO2. The van der Waals surface area contributed by atoms with Crippen LogP contribution in [0.25, 0.3) is 0 Å². The average Bonchev–Trinajstić information content (AvgIpc) is 2.94. The molecule has 0 saturated carbocycles. The van der Waals surface area contributed by atoms with Gasteiger partial charge in [-0.3, -0.25) is 4.79 Å². The lowest BCUT2D eigenvalue weighted by Gasteiger charge is -2.27. The lowest BCUT2D eigenvalue weighted by molar-refractivity contribution is -0.133. The maximum absolute atomic E-state index is 12.8. The molecule has 0 aromatic heterocycles. The summed E-state index contributed by atoms with van der Waals surface area (Å²) in [6.07, 6.45) is 1.27. The fourth-order valence-electron chi connectivity index (χ4n) is 3.29. The van der Waals surface area contributed by atoms with Crippen LogP contribution in [0, 0.1) is 5.92 Å². The van der Waals surface area contributed by atoms with Crippen molar-refractivity contribution < 1.29 is 9.90 Å². The zero-order chi connectivity index (χ0) is 17.1. The summed E-state index contributed by atoms with van der Waals surface area (Å²) < 4.78 is 0. The summed E-state index contributed by atoms with van der Waals surface area (Å²) in [5.74, 6) is -0.103. The van der Waals surface area contributed by atoms with Crippen molar-refractivity contribution in [3.63, 3.8) is 0 Å². The first kappa shape index (κ1) is 17.3. The quantitative estimate of drug-likeness (QED) is 0.867. The van der Waals surface area contributed by atoms with E-state index < -0.39 is 0 Å². The van der Waals surface area contributed by atoms with Gasteiger partial charge in [-0.15, -0.1) is 0 Å². The second kappa shape index (κ2) is 7.56. The number of halogens is 2. The first-order valence-corrected chi connectivity index (χ1v) is 8.76. The number of amides is 1. The Bertz CT molecular complexity index is 700. The van der Waals surface area contributed by atoms with E-state index in [1.807, 2.05) is 30.3 Å². The zero-order valence-corrected chi connectivity index (χ0v) is 14.7. The lowest BCUT2D eigenvalue weighted by Crippen LogP contribution is -2.34. The van der Waals surface area contributed by atoms with Crippen molar-refractivity contribution >= 4 is 29.1 Å². The molecule has 2 atom stereocenters. The number of nitrogens with zero attached hydrogens (tertiary/aromatic N) is 1. The van der Waals surface area contributed by atoms with Crippen molar-refractivity contribution in [2.75, 3.05) is 13.2 Å². The molecular weight excluding hydrogens is 345 g/mol. The third-order valence-corrected chi connectivity index (χ3v) is 5.30. The molecule has 126 valence electrons. The van der Waals surface area contributed by atoms with Gasteiger partial charge >= 0.3 is 0 Å². The standard InChI is InChI=1S/C19H19Cl2NO2/c20-16-7-4-8-17(21)15(16)11-14-9-10-22(19(14)24)18(12-23)13-5-2-1-3-6-13/h1-8,14,18,23H,9-12H2/t14-,18+/m1/s1. The summed E-state index contributed by atoms with van der Waals surface area (Å²) in [7, 11) is 0. The van der Waals surface area contributed by atoms with Crippen LogP contribution < -0.4 is 0 Å². The van der Waals surface area contributed by atoms with Crippen LogP contribution in [0.4, 0.5) is 0 Å². The number of carbonyl (C=O) groups is 1. The summed E-state index contributed by atoms with van der Waals surface area (Å²) in [5.41, 5.74) is 1.77. The fraction of sp³-hybridized carbons (Fsp3) is 0.316. The van der Waals surface area contributed by atoms with Crippen LogP contribution in [0.3, 0.4) is 0 Å². The first-order chi connectivity index (χ1) is 11.6. The summed E-state index contributed by atoms with van der Waals surface area (Å²) in [6, 6.07) is 14.7. The molecule has 0 aliphatic carbocycles. The minimum atomic E-state index is -0.301. The van der Waals surface area contributed by atoms with Gasteiger partial charge in [-0.2, -0.15) is 0 Å². The minimum Gasteiger partial charge on any atom is -0.394 e. The molecule has 0 radical (unpaired) electrons. The van der Waals surface area contributed by atoms with E-state index in [4.69, 9.17) is 23.2 Å². The molecule has 0 unspecified atom stereocenters. The molecule has 1 heterocycles. The van der Waals surface area contributed by atoms with Gasteiger partial charge < -0.3 is 10.0 Å². The van der Waals surface area contributed by atoms with E-state index in [1.165, 1.54) is 0 Å². The number of hydrogen-bond donors (Lipinski definition) is 1. The number of aliphatic hydroxyl groups is 1. The highest BCUT2D eigenvalue weighted by Gasteiger charge is 2.36. The van der Waals surface area contributed by atoms with Crippen molar-refractivity contribution in [3.05, 3.63) is 69.7 Å². The predicted molar refractivity (Wildman–Crippen MR) is 96.3 cm³/mol. The average molecular weight is 364 g/mol. The Morgan fingerprint density at radius 3 is 2.38 bits per heavy atom. The van der Waals surface area contributed by atoms with Crippen molar-refractivity contribution in [2.45, 2.75) is 18.9 Å². The van der Waals surface area contributed by atoms with Gasteiger partial charge in [0.15, 0.2) is 0 Å². The zero-order valence-electron chi connectivity index (χ0n) is 13.2. The maximum Gasteiger partial charge on any atom is 0.226 e. The normalized spacial score (nSPS) is 18.9. The van der Waals surface area contributed by atoms with Gasteiger partial charge in [0.1, 0.15) is 0 Å². The van der Waals surface area contributed by atoms with Gasteiger partial charge in [0.2, 0.25) is 5.91 Å². The van der Waals surface area contributed by atoms with E-state index in [0.717, 1.165) is 17.5 Å². The number of likely N-dealkylation sites (tertiary alicyclic amines) is 1. The van der Waals surface area contributed by atoms with Gasteiger partial charge in [0.25, 0.3) is 0 Å². The highest BCUT2D eigenvalue weighted by molar-refractivity contribution is 6.36. The summed E-state index contributed by atoms with van der Waals surface area (Å²) in [5, 5.41) is 11.0. The number of aliphatic hydroxyl groups excluding tert-OH is 1. The second-order valence-electron chi connectivity index (χ2n) is 6.03. The molecule has 1 saturated heterocycles. The number of hydrogen-bond acceptors (Lipinski definition) is 2. The minimum absolute atomic E-state index is 0.0499. The van der Waals surface area contributed by atoms with E-state index in [0.29, 0.717) is 23.0 Å². The fourth-order valence-corrected chi connectivity index (χ4v) is 3.85. The third-order valence-electron chi connectivity index (χ3n) is 4.60. The highest BCUT2D eigenvalue weighted by atomic mass is 35.5. The van der Waals surface area contributed by atoms with E-state index in [2.05, 4.69) is 0 Å². The molecule has 2 aromatic rings. The van der Waals surface area contributed by atoms with Gasteiger partial charge in [-0.25, -0.2) is 0 Å². The molecule has 1 aliphatic heterocycles. The molecule has 1 N–H and O–H groups in total. The van der Waals surface area contributed by atoms with Gasteiger partial charge in [-0.1, -0.05) is 59.6 Å². The van der Waals surface area contributed by atoms with Gasteiger partial charge in [-0.05, 0) is 36.1 Å². The molecule has 1 aliphatic rings. The number of carbonyl (C=O) groups excluding carboxylic acids is 1. The van der Waals surface area contributed by atoms with Gasteiger partial charge in [0, 0.05) is 22.5 Å². The van der Waals surface area contributed by atoms with E-state index in [1.54, 1.807) is 23.1 Å². The van der Waals surface area contributed by atoms with E-state index in [9.17, 15) is 9.90 Å². The molecule has 0 bridgehead atoms. The van der Waals surface area contributed by atoms with E-state index >= 15 is 0 Å². The molecule has 5 heteroatoms. The van der Waals surface area contributed by atoms with Crippen LogP contribution in [0.15, 0.2) is 48.5 Å². The lowest BCUT2D eigenvalue weighted by atomic mass is 9.97. The predicted octanol–water partition coefficient (Wildman–Crippen LogP) is 4.12. The van der Waals surface area contributed by atoms with Gasteiger partial charge in [0.05, 0.1) is 12.6 Å². The van der Waals surface area contributed by atoms with Crippen LogP contribution in [0.5, 0.6) is 0 Å². The summed E-state index contributed by atoms with van der Waals surface area (Å²) >= 11 is 12.5. The smallest absolute Gasteiger partial charge is 0.226 e. The van der Waals surface area contributed by atoms with Crippen molar-refractivity contribution in [3.8, 4) is 0 Å². The molecule has 3 nitrogen and oxygen atoms in total. The van der Waals surface area contributed by atoms with Crippen molar-refractivity contribution in [1.82, 2.24) is 4.90 Å². The van der Waals surface area contributed by atoms with Crippen molar-refractivity contribution in [2.24, 2.45) is 5.92 Å². The monoisotopic (exact) mass is 363 g/mol. The van der Waals surface area contributed by atoms with Crippen LogP contribution in [-0.2, 0) is 11.2 Å². The second-order valence-corrected chi connectivity index (χ2v) is 6.85. The first-order valence-electron chi connectivity index (χ1n) is 8.01. The Morgan fingerprint density at radius 2 is 1.75 bits per heavy atom. The Labute approximate surface area is 151 Å². The summed E-state index contributed by atoms with van der Waals surface area (Å²) in [4.78, 5) is 14.6. The van der Waals surface area contributed by atoms with Crippen LogP contribution in [-0.4, -0.2) is 29.1 Å². The third kappa shape index (κ3) is 3.44. The Hall–Kier alpha value is -1.55. The van der Waals surface area contributed by atoms with Crippen molar-refractivity contribution in [1.29, 1.82) is 0 Å². The molecule has 24 heavy (non-hydrogen) atoms. The molecule has 1 amide bonds. The molecule has 1 fully saturated rings. The summed E-state index contributed by atoms with van der Waals surface area (Å²) in [6.45, 7) is 0.543. The topological polar surface area (TPSA) is 40.5 Å². The Morgan fingerprint density at radius 1 is 1.08 bits per heavy atom. The van der Waals surface area contributed by atoms with Crippen LogP contribution in [0.2, 0.25) is 10.0 Å². The highest BCUT2D eigenvalue weighted by Crippen LogP contribution is 2.34. The van der Waals surface area contributed by atoms with Crippen LogP contribution >= 0.6 is 23.2 Å². The maximum atomic E-state index is 12.8. The van der Waals surface area contributed by atoms with Crippen LogP contribution in [0.1, 0.15) is 23.6 Å². The molecule has 2 aromatic carbocycles. The Balaban J connectivity index is 1.77. The number of rotatable bonds is 5. The molecule has 0 spiro atoms. The largest absolute Gasteiger partial charge is 0.394 e. The van der Waals surface area contributed by atoms with E-state index in [-0.39, 0.29) is 24.5 Å².